The first kappa shape index (κ1) is 11.9. The molecule has 16 heavy (non-hydrogen) atoms. The summed E-state index contributed by atoms with van der Waals surface area (Å²) < 4.78 is 0. The zero-order valence-corrected chi connectivity index (χ0v) is 10.6. The van der Waals surface area contributed by atoms with Gasteiger partial charge in [0.05, 0.1) is 6.10 Å². The largest absolute Gasteiger partial charge is 0.387 e. The van der Waals surface area contributed by atoms with Crippen LogP contribution in [0.1, 0.15) is 17.4 Å². The number of hydrogen-bond acceptors (Lipinski definition) is 4. The molecule has 1 N–H and O–H groups in total. The average molecular weight is 238 g/mol. The third-order valence-corrected chi connectivity index (χ3v) is 4.13. The summed E-state index contributed by atoms with van der Waals surface area (Å²) >= 11 is 1.91. The van der Waals surface area contributed by atoms with Crippen LogP contribution in [0, 0.1) is 6.92 Å². The Morgan fingerprint density at radius 3 is 3.00 bits per heavy atom. The number of hydrogen-bond donors (Lipinski definition) is 1. The van der Waals surface area contributed by atoms with E-state index in [1.165, 1.54) is 0 Å². The number of nitrogens with zero attached hydrogens (tertiary/aromatic N) is 2. The molecular weight excluding hydrogens is 220 g/mol. The number of aliphatic hydroxyl groups is 1. The summed E-state index contributed by atoms with van der Waals surface area (Å²) in [5.41, 5.74) is 1.91. The minimum atomic E-state index is -0.425. The van der Waals surface area contributed by atoms with E-state index in [0.29, 0.717) is 0 Å². The lowest BCUT2D eigenvalue weighted by Gasteiger charge is -2.35. The fraction of sp³-hybridized carbons (Fsp3) is 0.583. The van der Waals surface area contributed by atoms with E-state index >= 15 is 0 Å². The molecule has 2 heterocycles. The van der Waals surface area contributed by atoms with E-state index in [0.717, 1.165) is 29.3 Å². The van der Waals surface area contributed by atoms with Crippen molar-refractivity contribution in [2.75, 3.05) is 25.1 Å². The van der Waals surface area contributed by atoms with Gasteiger partial charge in [0.1, 0.15) is 0 Å². The van der Waals surface area contributed by atoms with Crippen molar-refractivity contribution < 1.29 is 5.11 Å². The Balaban J connectivity index is 2.11. The quantitative estimate of drug-likeness (QED) is 0.846. The van der Waals surface area contributed by atoms with Crippen molar-refractivity contribution in [2.45, 2.75) is 19.1 Å². The monoisotopic (exact) mass is 238 g/mol. The van der Waals surface area contributed by atoms with E-state index in [1.54, 1.807) is 6.20 Å². The highest BCUT2D eigenvalue weighted by Crippen LogP contribution is 2.26. The molecular formula is C12H18N2OS. The van der Waals surface area contributed by atoms with Crippen LogP contribution in [0.5, 0.6) is 0 Å². The molecule has 4 heteroatoms. The van der Waals surface area contributed by atoms with Gasteiger partial charge in [-0.3, -0.25) is 9.88 Å². The summed E-state index contributed by atoms with van der Waals surface area (Å²) in [7, 11) is 2.08. The van der Waals surface area contributed by atoms with Crippen LogP contribution in [0.2, 0.25) is 0 Å². The lowest BCUT2D eigenvalue weighted by atomic mass is 10.0. The highest BCUT2D eigenvalue weighted by molar-refractivity contribution is 7.99. The van der Waals surface area contributed by atoms with E-state index in [4.69, 9.17) is 0 Å². The van der Waals surface area contributed by atoms with Crippen molar-refractivity contribution in [2.24, 2.45) is 0 Å². The zero-order chi connectivity index (χ0) is 11.5. The van der Waals surface area contributed by atoms with Crippen LogP contribution in [0.4, 0.5) is 0 Å². The Labute approximate surface area is 101 Å². The van der Waals surface area contributed by atoms with Crippen molar-refractivity contribution >= 4 is 11.8 Å². The van der Waals surface area contributed by atoms with Gasteiger partial charge in [-0.15, -0.1) is 0 Å². The maximum absolute atomic E-state index is 10.3. The Hall–Kier alpha value is -0.580. The van der Waals surface area contributed by atoms with Gasteiger partial charge in [-0.1, -0.05) is 6.07 Å². The SMILES string of the molecule is Cc1ccc(C(O)C2CSCCN2C)cn1. The molecule has 1 fully saturated rings. The molecule has 1 saturated heterocycles. The van der Waals surface area contributed by atoms with Crippen molar-refractivity contribution in [3.8, 4) is 0 Å². The highest BCUT2D eigenvalue weighted by Gasteiger charge is 2.27. The number of aromatic nitrogens is 1. The van der Waals surface area contributed by atoms with Gasteiger partial charge in [0.2, 0.25) is 0 Å². The lowest BCUT2D eigenvalue weighted by molar-refractivity contribution is 0.0756. The molecule has 0 amide bonds. The molecule has 1 aromatic rings. The van der Waals surface area contributed by atoms with Crippen molar-refractivity contribution in [1.82, 2.24) is 9.88 Å². The number of aryl methyl sites for hydroxylation is 1. The molecule has 0 aromatic carbocycles. The topological polar surface area (TPSA) is 36.4 Å². The van der Waals surface area contributed by atoms with Gasteiger partial charge in [0.15, 0.2) is 0 Å². The van der Waals surface area contributed by atoms with Crippen LogP contribution < -0.4 is 0 Å². The molecule has 1 aliphatic heterocycles. The Kier molecular flexibility index (Phi) is 3.84. The zero-order valence-electron chi connectivity index (χ0n) is 9.76. The van der Waals surface area contributed by atoms with Crippen LogP contribution in [-0.2, 0) is 0 Å². The van der Waals surface area contributed by atoms with Crippen molar-refractivity contribution in [3.63, 3.8) is 0 Å². The lowest BCUT2D eigenvalue weighted by Crippen LogP contribution is -2.43. The summed E-state index contributed by atoms with van der Waals surface area (Å²) in [5, 5.41) is 10.3. The smallest absolute Gasteiger partial charge is 0.0967 e. The van der Waals surface area contributed by atoms with Gasteiger partial charge in [0, 0.05) is 41.5 Å². The number of likely N-dealkylation sites (N-methyl/N-ethyl adjacent to an activating group) is 1. The standard InChI is InChI=1S/C12H18N2OS/c1-9-3-4-10(7-13-9)12(15)11-8-16-6-5-14(11)2/h3-4,7,11-12,15H,5-6,8H2,1-2H3. The van der Waals surface area contributed by atoms with Gasteiger partial charge < -0.3 is 5.11 Å². The molecule has 88 valence electrons. The fourth-order valence-electron chi connectivity index (χ4n) is 1.91. The first-order valence-electron chi connectivity index (χ1n) is 5.57. The number of pyridine rings is 1. The van der Waals surface area contributed by atoms with Gasteiger partial charge in [-0.25, -0.2) is 0 Å². The molecule has 1 aliphatic rings. The molecule has 0 aliphatic carbocycles. The number of aliphatic hydroxyl groups excluding tert-OH is 1. The van der Waals surface area contributed by atoms with Crippen LogP contribution >= 0.6 is 11.8 Å². The fourth-order valence-corrected chi connectivity index (χ4v) is 3.18. The average Bonchev–Trinajstić information content (AvgIpc) is 2.30. The number of rotatable bonds is 2. The maximum atomic E-state index is 10.3. The molecule has 0 saturated carbocycles. The minimum Gasteiger partial charge on any atom is -0.387 e. The first-order valence-corrected chi connectivity index (χ1v) is 6.72. The third kappa shape index (κ3) is 2.56. The van der Waals surface area contributed by atoms with Crippen LogP contribution in [0.3, 0.4) is 0 Å². The first-order chi connectivity index (χ1) is 7.68. The molecule has 0 bridgehead atoms. The predicted octanol–water partition coefficient (Wildman–Crippen LogP) is 1.47. The normalized spacial score (nSPS) is 24.3. The van der Waals surface area contributed by atoms with E-state index < -0.39 is 6.10 Å². The molecule has 3 nitrogen and oxygen atoms in total. The summed E-state index contributed by atoms with van der Waals surface area (Å²) in [4.78, 5) is 6.47. The number of thioether (sulfide) groups is 1. The van der Waals surface area contributed by atoms with Crippen molar-refractivity contribution in [3.05, 3.63) is 29.6 Å². The predicted molar refractivity (Wildman–Crippen MR) is 67.7 cm³/mol. The van der Waals surface area contributed by atoms with E-state index in [9.17, 15) is 5.11 Å². The second-order valence-electron chi connectivity index (χ2n) is 4.30. The molecule has 2 rings (SSSR count). The van der Waals surface area contributed by atoms with Crippen LogP contribution in [0.15, 0.2) is 18.3 Å². The Morgan fingerprint density at radius 1 is 1.56 bits per heavy atom. The summed E-state index contributed by atoms with van der Waals surface area (Å²) in [5.74, 6) is 2.15. The minimum absolute atomic E-state index is 0.211. The Bertz CT molecular complexity index is 341. The van der Waals surface area contributed by atoms with Gasteiger partial charge in [-0.2, -0.15) is 11.8 Å². The van der Waals surface area contributed by atoms with Gasteiger partial charge in [-0.05, 0) is 20.0 Å². The molecule has 1 aromatic heterocycles. The second kappa shape index (κ2) is 5.17. The molecule has 2 atom stereocenters. The van der Waals surface area contributed by atoms with Crippen LogP contribution in [-0.4, -0.2) is 46.1 Å². The summed E-state index contributed by atoms with van der Waals surface area (Å²) in [6, 6.07) is 4.14. The van der Waals surface area contributed by atoms with Gasteiger partial charge in [0.25, 0.3) is 0 Å². The van der Waals surface area contributed by atoms with E-state index in [-0.39, 0.29) is 6.04 Å². The second-order valence-corrected chi connectivity index (χ2v) is 5.45. The summed E-state index contributed by atoms with van der Waals surface area (Å²) in [6.45, 7) is 3.00. The van der Waals surface area contributed by atoms with E-state index in [2.05, 4.69) is 16.9 Å². The molecule has 0 spiro atoms. The summed E-state index contributed by atoms with van der Waals surface area (Å²) in [6.07, 6.45) is 1.36. The van der Waals surface area contributed by atoms with Crippen molar-refractivity contribution in [1.29, 1.82) is 0 Å². The van der Waals surface area contributed by atoms with E-state index in [1.807, 2.05) is 30.8 Å². The van der Waals surface area contributed by atoms with Gasteiger partial charge >= 0.3 is 0 Å². The van der Waals surface area contributed by atoms with Crippen LogP contribution in [0.25, 0.3) is 0 Å². The third-order valence-electron chi connectivity index (χ3n) is 3.08. The Morgan fingerprint density at radius 2 is 2.38 bits per heavy atom. The molecule has 0 radical (unpaired) electrons. The molecule has 2 unspecified atom stereocenters. The highest BCUT2D eigenvalue weighted by atomic mass is 32.2. The maximum Gasteiger partial charge on any atom is 0.0967 e.